The average molecular weight is 647 g/mol. The Labute approximate surface area is 272 Å². The Morgan fingerprint density at radius 3 is 2.79 bits per heavy atom. The van der Waals surface area contributed by atoms with Crippen LogP contribution in [0.3, 0.4) is 0 Å². The number of amides is 1. The second kappa shape index (κ2) is 12.0. The predicted octanol–water partition coefficient (Wildman–Crippen LogP) is 6.14. The van der Waals surface area contributed by atoms with Gasteiger partial charge in [0.1, 0.15) is 41.2 Å². The van der Waals surface area contributed by atoms with E-state index in [0.29, 0.717) is 42.8 Å². The summed E-state index contributed by atoms with van der Waals surface area (Å²) in [7, 11) is 0. The zero-order chi connectivity index (χ0) is 32.9. The SMILES string of the molecule is CC(C)(C)OC(=O)N[C@@H]1CCCN(c2nc(OC[C@@]34CCCN3C[C@H](F)C4)nc3c(F)c(-c4cc(O)cc5ccccc45)ncc23)C1. The van der Waals surface area contributed by atoms with E-state index in [1.165, 1.54) is 6.07 Å². The molecule has 47 heavy (non-hydrogen) atoms. The standard InChI is InChI=1S/C35H40F2N6O4/c1-34(2,3)47-33(45)39-23-9-6-12-42(19-23)31-27-17-38-29(26-15-24(44)14-21-8-4-5-10-25(21)26)28(37)30(27)40-32(41-31)46-20-35-11-7-13-43(35)18-22(36)16-35/h4-5,8,10,14-15,17,22-23,44H,6-7,9,11-13,16,18-20H2,1-3H3,(H,39,45)/t22-,23-,35+/m1/s1. The Morgan fingerprint density at radius 2 is 1.96 bits per heavy atom. The van der Waals surface area contributed by atoms with Crippen LogP contribution in [0.15, 0.2) is 42.6 Å². The van der Waals surface area contributed by atoms with E-state index in [1.807, 2.05) is 49.9 Å². The molecule has 0 saturated carbocycles. The van der Waals surface area contributed by atoms with Crippen LogP contribution >= 0.6 is 0 Å². The van der Waals surface area contributed by atoms with Crippen LogP contribution in [0.4, 0.5) is 19.4 Å². The maximum Gasteiger partial charge on any atom is 0.407 e. The van der Waals surface area contributed by atoms with Crippen molar-refractivity contribution >= 4 is 33.6 Å². The van der Waals surface area contributed by atoms with Crippen LogP contribution in [0, 0.1) is 5.82 Å². The first-order valence-electron chi connectivity index (χ1n) is 16.3. The van der Waals surface area contributed by atoms with Crippen LogP contribution in [-0.2, 0) is 4.74 Å². The molecule has 3 saturated heterocycles. The predicted molar refractivity (Wildman–Crippen MR) is 175 cm³/mol. The third kappa shape index (κ3) is 6.22. The number of aromatic hydroxyl groups is 1. The first kappa shape index (κ1) is 31.3. The molecular formula is C35H40F2N6O4. The number of phenols is 1. The summed E-state index contributed by atoms with van der Waals surface area (Å²) in [5.41, 5.74) is -0.568. The molecule has 4 aromatic rings. The monoisotopic (exact) mass is 646 g/mol. The molecule has 3 atom stereocenters. The number of alkyl halides is 1. The summed E-state index contributed by atoms with van der Waals surface area (Å²) >= 11 is 0. The van der Waals surface area contributed by atoms with Crippen molar-refractivity contribution in [2.75, 3.05) is 37.7 Å². The number of hydrogen-bond acceptors (Lipinski definition) is 9. The lowest BCUT2D eigenvalue weighted by molar-refractivity contribution is 0.0500. The molecule has 3 aliphatic rings. The first-order chi connectivity index (χ1) is 22.5. The maximum atomic E-state index is 16.7. The van der Waals surface area contributed by atoms with Crippen molar-refractivity contribution in [3.05, 3.63) is 48.4 Å². The average Bonchev–Trinajstić information content (AvgIpc) is 3.54. The van der Waals surface area contributed by atoms with E-state index in [-0.39, 0.29) is 35.6 Å². The number of carbonyl (C=O) groups is 1. The highest BCUT2D eigenvalue weighted by Crippen LogP contribution is 2.41. The number of pyridine rings is 1. The van der Waals surface area contributed by atoms with Crippen molar-refractivity contribution in [1.29, 1.82) is 0 Å². The number of nitrogens with one attached hydrogen (secondary N) is 1. The van der Waals surface area contributed by atoms with Gasteiger partial charge in [0.15, 0.2) is 5.82 Å². The van der Waals surface area contributed by atoms with Gasteiger partial charge in [0.05, 0.1) is 10.9 Å². The third-order valence-electron chi connectivity index (χ3n) is 9.42. The molecule has 3 aliphatic heterocycles. The number of benzene rings is 2. The molecule has 0 bridgehead atoms. The number of carbonyl (C=O) groups excluding carboxylic acids is 1. The fraction of sp³-hybridized carbons (Fsp3) is 0.486. The molecule has 5 heterocycles. The number of fused-ring (bicyclic) bond motifs is 3. The van der Waals surface area contributed by atoms with Crippen LogP contribution in [0.5, 0.6) is 11.8 Å². The second-order valence-electron chi connectivity index (χ2n) is 14.0. The molecule has 2 aromatic carbocycles. The van der Waals surface area contributed by atoms with Gasteiger partial charge < -0.3 is 24.8 Å². The van der Waals surface area contributed by atoms with E-state index in [2.05, 4.69) is 20.2 Å². The van der Waals surface area contributed by atoms with Gasteiger partial charge in [-0.3, -0.25) is 9.88 Å². The Morgan fingerprint density at radius 1 is 1.13 bits per heavy atom. The van der Waals surface area contributed by atoms with Crippen LogP contribution in [0.1, 0.15) is 52.9 Å². The lowest BCUT2D eigenvalue weighted by atomic mass is 9.95. The van der Waals surface area contributed by atoms with Gasteiger partial charge in [-0.1, -0.05) is 24.3 Å². The molecule has 0 spiro atoms. The summed E-state index contributed by atoms with van der Waals surface area (Å²) in [5, 5.41) is 15.3. The topological polar surface area (TPSA) is 113 Å². The van der Waals surface area contributed by atoms with E-state index in [0.717, 1.165) is 43.0 Å². The number of ether oxygens (including phenoxy) is 2. The van der Waals surface area contributed by atoms with E-state index in [4.69, 9.17) is 14.5 Å². The number of halogens is 2. The Balaban J connectivity index is 1.28. The summed E-state index contributed by atoms with van der Waals surface area (Å²) < 4.78 is 42.9. The molecule has 0 radical (unpaired) electrons. The molecule has 2 aromatic heterocycles. The minimum atomic E-state index is -0.919. The van der Waals surface area contributed by atoms with Gasteiger partial charge in [-0.15, -0.1) is 0 Å². The molecule has 3 fully saturated rings. The van der Waals surface area contributed by atoms with Gasteiger partial charge in [-0.05, 0) is 75.9 Å². The minimum absolute atomic E-state index is 0.00456. The Hall–Kier alpha value is -4.32. The zero-order valence-electron chi connectivity index (χ0n) is 26.9. The van der Waals surface area contributed by atoms with Gasteiger partial charge in [0.2, 0.25) is 0 Å². The molecule has 7 rings (SSSR count). The number of hydrogen-bond donors (Lipinski definition) is 2. The number of alkyl carbamates (subject to hydrolysis) is 1. The van der Waals surface area contributed by atoms with Gasteiger partial charge in [-0.25, -0.2) is 13.6 Å². The number of nitrogens with zero attached hydrogens (tertiary/aromatic N) is 5. The van der Waals surface area contributed by atoms with E-state index in [9.17, 15) is 14.3 Å². The van der Waals surface area contributed by atoms with Crippen molar-refractivity contribution in [3.63, 3.8) is 0 Å². The first-order valence-corrected chi connectivity index (χ1v) is 16.3. The molecule has 12 heteroatoms. The summed E-state index contributed by atoms with van der Waals surface area (Å²) in [6.07, 6.45) is 3.78. The molecule has 2 N–H and O–H groups in total. The van der Waals surface area contributed by atoms with Crippen LogP contribution in [-0.4, -0.2) is 87.2 Å². The lowest BCUT2D eigenvalue weighted by Gasteiger charge is -2.35. The van der Waals surface area contributed by atoms with Gasteiger partial charge in [0, 0.05) is 43.9 Å². The van der Waals surface area contributed by atoms with Crippen molar-refractivity contribution < 1.29 is 28.2 Å². The van der Waals surface area contributed by atoms with E-state index < -0.39 is 29.2 Å². The summed E-state index contributed by atoms with van der Waals surface area (Å²) in [4.78, 5) is 30.6. The fourth-order valence-electron chi connectivity index (χ4n) is 7.41. The van der Waals surface area contributed by atoms with Crippen molar-refractivity contribution in [3.8, 4) is 23.0 Å². The minimum Gasteiger partial charge on any atom is -0.508 e. The third-order valence-corrected chi connectivity index (χ3v) is 9.42. The van der Waals surface area contributed by atoms with Crippen molar-refractivity contribution in [1.82, 2.24) is 25.2 Å². The van der Waals surface area contributed by atoms with E-state index in [1.54, 1.807) is 12.3 Å². The number of rotatable bonds is 6. The Bertz CT molecular complexity index is 1830. The van der Waals surface area contributed by atoms with Gasteiger partial charge in [-0.2, -0.15) is 9.97 Å². The quantitative estimate of drug-likeness (QED) is 0.255. The smallest absolute Gasteiger partial charge is 0.407 e. The molecule has 0 aliphatic carbocycles. The molecule has 0 unspecified atom stereocenters. The normalized spacial score (nSPS) is 23.3. The summed E-state index contributed by atoms with van der Waals surface area (Å²) in [6.45, 7) is 7.85. The highest BCUT2D eigenvalue weighted by atomic mass is 19.1. The lowest BCUT2D eigenvalue weighted by Crippen LogP contribution is -2.49. The molecule has 10 nitrogen and oxygen atoms in total. The summed E-state index contributed by atoms with van der Waals surface area (Å²) in [5.74, 6) is -0.236. The number of phenolic OH excluding ortho intramolecular Hbond substituents is 1. The van der Waals surface area contributed by atoms with Crippen LogP contribution < -0.4 is 15.0 Å². The highest BCUT2D eigenvalue weighted by molar-refractivity contribution is 5.99. The van der Waals surface area contributed by atoms with Crippen molar-refractivity contribution in [2.24, 2.45) is 0 Å². The molecule has 1 amide bonds. The molecule has 248 valence electrons. The highest BCUT2D eigenvalue weighted by Gasteiger charge is 2.49. The number of aromatic nitrogens is 3. The van der Waals surface area contributed by atoms with Crippen LogP contribution in [0.25, 0.3) is 32.9 Å². The maximum absolute atomic E-state index is 16.7. The Kier molecular flexibility index (Phi) is 8.02. The van der Waals surface area contributed by atoms with Gasteiger partial charge in [0.25, 0.3) is 0 Å². The summed E-state index contributed by atoms with van der Waals surface area (Å²) in [6, 6.07) is 10.3. The van der Waals surface area contributed by atoms with Crippen LogP contribution in [0.2, 0.25) is 0 Å². The number of anilines is 1. The van der Waals surface area contributed by atoms with Gasteiger partial charge >= 0.3 is 12.1 Å². The largest absolute Gasteiger partial charge is 0.508 e. The second-order valence-corrected chi connectivity index (χ2v) is 14.0. The van der Waals surface area contributed by atoms with E-state index >= 15 is 4.39 Å². The molecular weight excluding hydrogens is 606 g/mol. The van der Waals surface area contributed by atoms with Crippen molar-refractivity contribution in [2.45, 2.75) is 76.2 Å². The zero-order valence-corrected chi connectivity index (χ0v) is 26.9. The fourth-order valence-corrected chi connectivity index (χ4v) is 7.41. The number of piperidine rings is 1.